The maximum Gasteiger partial charge on any atom is 0.223 e. The number of amides is 1. The summed E-state index contributed by atoms with van der Waals surface area (Å²) >= 11 is 0. The summed E-state index contributed by atoms with van der Waals surface area (Å²) in [6.45, 7) is 8.61. The van der Waals surface area contributed by atoms with Crippen LogP contribution in [0.3, 0.4) is 0 Å². The van der Waals surface area contributed by atoms with Gasteiger partial charge in [-0.05, 0) is 44.8 Å². The molecule has 1 aromatic carbocycles. The molecular weight excluding hydrogens is 279 g/mol. The third-order valence-electron chi connectivity index (χ3n) is 4.68. The van der Waals surface area contributed by atoms with Gasteiger partial charge in [0.15, 0.2) is 0 Å². The van der Waals surface area contributed by atoms with Crippen molar-refractivity contribution in [2.24, 2.45) is 11.8 Å². The molecule has 0 spiro atoms. The molecule has 1 heterocycles. The van der Waals surface area contributed by atoms with E-state index in [1.165, 1.54) is 6.07 Å². The molecule has 22 heavy (non-hydrogen) atoms. The van der Waals surface area contributed by atoms with Crippen LogP contribution in [0.25, 0.3) is 0 Å². The van der Waals surface area contributed by atoms with Crippen LogP contribution in [0.1, 0.15) is 39.2 Å². The van der Waals surface area contributed by atoms with Crippen molar-refractivity contribution in [3.63, 3.8) is 0 Å². The van der Waals surface area contributed by atoms with Gasteiger partial charge in [-0.3, -0.25) is 9.69 Å². The van der Waals surface area contributed by atoms with E-state index in [0.29, 0.717) is 12.5 Å². The van der Waals surface area contributed by atoms with E-state index in [9.17, 15) is 9.18 Å². The van der Waals surface area contributed by atoms with Crippen LogP contribution in [-0.2, 0) is 11.3 Å². The third kappa shape index (κ3) is 4.54. The Labute approximate surface area is 132 Å². The van der Waals surface area contributed by atoms with Crippen molar-refractivity contribution in [3.05, 3.63) is 35.6 Å². The zero-order valence-electron chi connectivity index (χ0n) is 13.8. The van der Waals surface area contributed by atoms with E-state index in [1.807, 2.05) is 12.1 Å². The van der Waals surface area contributed by atoms with Gasteiger partial charge < -0.3 is 5.32 Å². The van der Waals surface area contributed by atoms with Crippen LogP contribution < -0.4 is 5.32 Å². The normalized spacial score (nSPS) is 18.4. The second-order valence-electron chi connectivity index (χ2n) is 6.68. The van der Waals surface area contributed by atoms with Crippen LogP contribution in [0.2, 0.25) is 0 Å². The second-order valence-corrected chi connectivity index (χ2v) is 6.68. The van der Waals surface area contributed by atoms with Gasteiger partial charge in [-0.15, -0.1) is 0 Å². The Balaban J connectivity index is 1.80. The number of carbonyl (C=O) groups is 1. The van der Waals surface area contributed by atoms with Crippen LogP contribution >= 0.6 is 0 Å². The summed E-state index contributed by atoms with van der Waals surface area (Å²) in [5.74, 6) is 0.572. The Morgan fingerprint density at radius 2 is 1.91 bits per heavy atom. The molecule has 1 N–H and O–H groups in total. The average Bonchev–Trinajstić information content (AvgIpc) is 2.50. The zero-order chi connectivity index (χ0) is 16.1. The van der Waals surface area contributed by atoms with E-state index >= 15 is 0 Å². The molecule has 0 unspecified atom stereocenters. The maximum absolute atomic E-state index is 13.7. The summed E-state index contributed by atoms with van der Waals surface area (Å²) < 4.78 is 13.7. The summed E-state index contributed by atoms with van der Waals surface area (Å²) in [6.07, 6.45) is 1.70. The van der Waals surface area contributed by atoms with E-state index in [1.54, 1.807) is 6.07 Å². The Bertz CT molecular complexity index is 496. The molecule has 1 fully saturated rings. The maximum atomic E-state index is 13.7. The molecular formula is C18H27FN2O. The van der Waals surface area contributed by atoms with Crippen LogP contribution in [0.5, 0.6) is 0 Å². The Hall–Kier alpha value is -1.42. The number of halogens is 1. The molecule has 1 atom stereocenters. The lowest BCUT2D eigenvalue weighted by Gasteiger charge is -2.32. The van der Waals surface area contributed by atoms with Crippen molar-refractivity contribution >= 4 is 5.91 Å². The number of benzene rings is 1. The van der Waals surface area contributed by atoms with Gasteiger partial charge in [0, 0.05) is 24.1 Å². The molecule has 0 aliphatic carbocycles. The first-order valence-corrected chi connectivity index (χ1v) is 8.23. The number of piperidine rings is 1. The summed E-state index contributed by atoms with van der Waals surface area (Å²) in [4.78, 5) is 14.5. The fourth-order valence-electron chi connectivity index (χ4n) is 2.73. The molecule has 1 saturated heterocycles. The number of likely N-dealkylation sites (tertiary alicyclic amines) is 1. The highest BCUT2D eigenvalue weighted by Crippen LogP contribution is 2.20. The summed E-state index contributed by atoms with van der Waals surface area (Å²) in [7, 11) is 0. The van der Waals surface area contributed by atoms with E-state index < -0.39 is 0 Å². The lowest BCUT2D eigenvalue weighted by molar-refractivity contribution is -0.127. The second kappa shape index (κ2) is 7.73. The predicted molar refractivity (Wildman–Crippen MR) is 86.8 cm³/mol. The largest absolute Gasteiger partial charge is 0.353 e. The Kier molecular flexibility index (Phi) is 5.95. The molecule has 3 nitrogen and oxygen atoms in total. The van der Waals surface area contributed by atoms with Gasteiger partial charge >= 0.3 is 0 Å². The zero-order valence-corrected chi connectivity index (χ0v) is 13.8. The van der Waals surface area contributed by atoms with Gasteiger partial charge in [-0.1, -0.05) is 32.0 Å². The number of rotatable bonds is 5. The third-order valence-corrected chi connectivity index (χ3v) is 4.68. The summed E-state index contributed by atoms with van der Waals surface area (Å²) in [5.41, 5.74) is 0.735. The average molecular weight is 306 g/mol. The minimum atomic E-state index is -0.145. The first-order chi connectivity index (χ1) is 10.5. The molecule has 122 valence electrons. The topological polar surface area (TPSA) is 32.3 Å². The fourth-order valence-corrected chi connectivity index (χ4v) is 2.73. The molecule has 4 heteroatoms. The van der Waals surface area contributed by atoms with Gasteiger partial charge in [-0.2, -0.15) is 0 Å². The quantitative estimate of drug-likeness (QED) is 0.906. The van der Waals surface area contributed by atoms with Crippen molar-refractivity contribution in [2.75, 3.05) is 13.1 Å². The number of hydrogen-bond acceptors (Lipinski definition) is 2. The number of nitrogens with one attached hydrogen (secondary N) is 1. The van der Waals surface area contributed by atoms with Crippen molar-refractivity contribution in [2.45, 2.75) is 46.2 Å². The highest BCUT2D eigenvalue weighted by atomic mass is 19.1. The van der Waals surface area contributed by atoms with Crippen molar-refractivity contribution < 1.29 is 9.18 Å². The van der Waals surface area contributed by atoms with Crippen molar-refractivity contribution in [1.82, 2.24) is 10.2 Å². The highest BCUT2D eigenvalue weighted by Gasteiger charge is 2.26. The molecule has 0 aromatic heterocycles. The van der Waals surface area contributed by atoms with Gasteiger partial charge in [0.2, 0.25) is 5.91 Å². The van der Waals surface area contributed by atoms with Gasteiger partial charge in [0.1, 0.15) is 5.82 Å². The predicted octanol–water partition coefficient (Wildman–Crippen LogP) is 3.20. The van der Waals surface area contributed by atoms with E-state index in [0.717, 1.165) is 31.5 Å². The summed E-state index contributed by atoms with van der Waals surface area (Å²) in [5, 5.41) is 3.11. The monoisotopic (exact) mass is 306 g/mol. The minimum absolute atomic E-state index is 0.0954. The Morgan fingerprint density at radius 1 is 1.27 bits per heavy atom. The van der Waals surface area contributed by atoms with E-state index in [-0.39, 0.29) is 23.7 Å². The van der Waals surface area contributed by atoms with E-state index in [2.05, 4.69) is 31.0 Å². The molecule has 1 aliphatic heterocycles. The van der Waals surface area contributed by atoms with Crippen LogP contribution in [0.15, 0.2) is 24.3 Å². The van der Waals surface area contributed by atoms with Gasteiger partial charge in [0.25, 0.3) is 0 Å². The molecule has 1 aromatic rings. The number of hydrogen-bond donors (Lipinski definition) is 1. The van der Waals surface area contributed by atoms with Crippen LogP contribution in [0.4, 0.5) is 4.39 Å². The van der Waals surface area contributed by atoms with Gasteiger partial charge in [-0.25, -0.2) is 4.39 Å². The van der Waals surface area contributed by atoms with Crippen molar-refractivity contribution in [3.8, 4) is 0 Å². The minimum Gasteiger partial charge on any atom is -0.353 e. The van der Waals surface area contributed by atoms with E-state index in [4.69, 9.17) is 0 Å². The Morgan fingerprint density at radius 3 is 2.50 bits per heavy atom. The lowest BCUT2D eigenvalue weighted by Crippen LogP contribution is -2.44. The molecule has 0 bridgehead atoms. The van der Waals surface area contributed by atoms with Crippen LogP contribution in [0, 0.1) is 17.7 Å². The van der Waals surface area contributed by atoms with Crippen molar-refractivity contribution in [1.29, 1.82) is 0 Å². The highest BCUT2D eigenvalue weighted by molar-refractivity contribution is 5.79. The fraction of sp³-hybridized carbons (Fsp3) is 0.611. The smallest absolute Gasteiger partial charge is 0.223 e. The SMILES string of the molecule is CC(C)[C@@H](C)NC(=O)C1CCN(Cc2ccccc2F)CC1. The first-order valence-electron chi connectivity index (χ1n) is 8.23. The number of nitrogens with zero attached hydrogens (tertiary/aromatic N) is 1. The van der Waals surface area contributed by atoms with Crippen LogP contribution in [-0.4, -0.2) is 29.9 Å². The molecule has 2 rings (SSSR count). The van der Waals surface area contributed by atoms with Gasteiger partial charge in [0.05, 0.1) is 0 Å². The molecule has 0 saturated carbocycles. The standard InChI is InChI=1S/C18H27FN2O/c1-13(2)14(3)20-18(22)15-8-10-21(11-9-15)12-16-6-4-5-7-17(16)19/h4-7,13-15H,8-12H2,1-3H3,(H,20,22)/t14-/m1/s1. The first kappa shape index (κ1) is 16.9. The lowest BCUT2D eigenvalue weighted by atomic mass is 9.94. The molecule has 0 radical (unpaired) electrons. The molecule has 1 amide bonds. The summed E-state index contributed by atoms with van der Waals surface area (Å²) in [6, 6.07) is 7.13. The number of carbonyl (C=O) groups excluding carboxylic acids is 1. The molecule has 1 aliphatic rings.